The number of rotatable bonds is 3. The fourth-order valence-electron chi connectivity index (χ4n) is 2.68. The van der Waals surface area contributed by atoms with E-state index in [2.05, 4.69) is 5.32 Å². The summed E-state index contributed by atoms with van der Waals surface area (Å²) in [6.07, 6.45) is 2.23. The first-order valence-corrected chi connectivity index (χ1v) is 6.40. The molecule has 2 N–H and O–H groups in total. The molecule has 2 aliphatic rings. The first-order valence-electron chi connectivity index (χ1n) is 6.40. The molecule has 0 aromatic rings. The molecule has 98 valence electrons. The number of nitrogens with one attached hydrogen (secondary N) is 1. The Morgan fingerprint density at radius 3 is 2.71 bits per heavy atom. The highest BCUT2D eigenvalue weighted by atomic mass is 16.5. The minimum absolute atomic E-state index is 0.150. The van der Waals surface area contributed by atoms with Crippen molar-refractivity contribution in [2.75, 3.05) is 33.4 Å². The number of hydrogen-bond acceptors (Lipinski definition) is 4. The van der Waals surface area contributed by atoms with Gasteiger partial charge in [-0.05, 0) is 25.2 Å². The van der Waals surface area contributed by atoms with Gasteiger partial charge in [-0.1, -0.05) is 0 Å². The SMILES string of the molecule is COCC1CCN(C(=O)C2CC(O)CN2)CC1. The third-order valence-electron chi connectivity index (χ3n) is 3.73. The van der Waals surface area contributed by atoms with Crippen LogP contribution in [0.3, 0.4) is 0 Å². The van der Waals surface area contributed by atoms with Crippen LogP contribution in [-0.4, -0.2) is 61.4 Å². The second-order valence-electron chi connectivity index (χ2n) is 5.07. The molecular weight excluding hydrogens is 220 g/mol. The third kappa shape index (κ3) is 3.18. The molecule has 0 saturated carbocycles. The van der Waals surface area contributed by atoms with E-state index >= 15 is 0 Å². The highest BCUT2D eigenvalue weighted by Gasteiger charge is 2.32. The molecular formula is C12H22N2O3. The summed E-state index contributed by atoms with van der Waals surface area (Å²) in [7, 11) is 1.72. The van der Waals surface area contributed by atoms with E-state index in [0.29, 0.717) is 18.9 Å². The summed E-state index contributed by atoms with van der Waals surface area (Å²) in [5, 5.41) is 12.5. The second kappa shape index (κ2) is 5.80. The number of carbonyl (C=O) groups is 1. The van der Waals surface area contributed by atoms with Crippen LogP contribution in [-0.2, 0) is 9.53 Å². The predicted octanol–water partition coefficient (Wildman–Crippen LogP) is -0.406. The average molecular weight is 242 g/mol. The molecule has 2 fully saturated rings. The van der Waals surface area contributed by atoms with Crippen LogP contribution in [0, 0.1) is 5.92 Å². The molecule has 0 radical (unpaired) electrons. The molecule has 2 unspecified atom stereocenters. The Morgan fingerprint density at radius 2 is 2.18 bits per heavy atom. The van der Waals surface area contributed by atoms with Gasteiger partial charge in [0.1, 0.15) is 0 Å². The Kier molecular flexibility index (Phi) is 4.36. The van der Waals surface area contributed by atoms with Crippen molar-refractivity contribution < 1.29 is 14.6 Å². The molecule has 2 atom stereocenters. The molecule has 1 amide bonds. The van der Waals surface area contributed by atoms with Gasteiger partial charge in [-0.3, -0.25) is 4.79 Å². The van der Waals surface area contributed by atoms with Crippen molar-refractivity contribution in [3.63, 3.8) is 0 Å². The first kappa shape index (κ1) is 12.8. The number of piperidine rings is 1. The van der Waals surface area contributed by atoms with Gasteiger partial charge in [0, 0.05) is 33.4 Å². The Bertz CT molecular complexity index is 264. The Balaban J connectivity index is 1.78. The van der Waals surface area contributed by atoms with Crippen LogP contribution >= 0.6 is 0 Å². The van der Waals surface area contributed by atoms with Gasteiger partial charge in [0.25, 0.3) is 0 Å². The average Bonchev–Trinajstić information content (AvgIpc) is 2.76. The van der Waals surface area contributed by atoms with Gasteiger partial charge >= 0.3 is 0 Å². The summed E-state index contributed by atoms with van der Waals surface area (Å²) >= 11 is 0. The number of β-amino-alcohol motifs (C(OH)–C–C–N with tert-alkyl or cyclic N) is 1. The lowest BCUT2D eigenvalue weighted by Gasteiger charge is -2.33. The number of nitrogens with zero attached hydrogens (tertiary/aromatic N) is 1. The highest BCUT2D eigenvalue weighted by Crippen LogP contribution is 2.19. The predicted molar refractivity (Wildman–Crippen MR) is 63.6 cm³/mol. The van der Waals surface area contributed by atoms with Crippen LogP contribution in [0.1, 0.15) is 19.3 Å². The molecule has 0 aliphatic carbocycles. The molecule has 0 aromatic heterocycles. The van der Waals surface area contributed by atoms with Crippen LogP contribution in [0.15, 0.2) is 0 Å². The number of aliphatic hydroxyl groups excluding tert-OH is 1. The largest absolute Gasteiger partial charge is 0.392 e. The van der Waals surface area contributed by atoms with Crippen molar-refractivity contribution in [3.8, 4) is 0 Å². The van der Waals surface area contributed by atoms with Crippen molar-refractivity contribution in [1.29, 1.82) is 0 Å². The molecule has 0 spiro atoms. The van der Waals surface area contributed by atoms with E-state index in [1.54, 1.807) is 7.11 Å². The van der Waals surface area contributed by atoms with E-state index in [-0.39, 0.29) is 18.1 Å². The van der Waals surface area contributed by atoms with Gasteiger partial charge in [0.2, 0.25) is 5.91 Å². The normalized spacial score (nSPS) is 30.8. The lowest BCUT2D eigenvalue weighted by molar-refractivity contribution is -0.134. The van der Waals surface area contributed by atoms with Crippen molar-refractivity contribution in [2.24, 2.45) is 5.92 Å². The summed E-state index contributed by atoms with van der Waals surface area (Å²) in [5.41, 5.74) is 0. The van der Waals surface area contributed by atoms with Gasteiger partial charge in [0.15, 0.2) is 0 Å². The molecule has 0 bridgehead atoms. The lowest BCUT2D eigenvalue weighted by Crippen LogP contribution is -2.47. The quantitative estimate of drug-likeness (QED) is 0.706. The Labute approximate surface area is 102 Å². The smallest absolute Gasteiger partial charge is 0.239 e. The van der Waals surface area contributed by atoms with Crippen LogP contribution in [0.25, 0.3) is 0 Å². The van der Waals surface area contributed by atoms with E-state index in [1.165, 1.54) is 0 Å². The second-order valence-corrected chi connectivity index (χ2v) is 5.07. The van der Waals surface area contributed by atoms with Crippen molar-refractivity contribution in [3.05, 3.63) is 0 Å². The Hall–Kier alpha value is -0.650. The topological polar surface area (TPSA) is 61.8 Å². The number of ether oxygens (including phenoxy) is 1. The van der Waals surface area contributed by atoms with Crippen molar-refractivity contribution in [1.82, 2.24) is 10.2 Å². The van der Waals surface area contributed by atoms with Gasteiger partial charge < -0.3 is 20.1 Å². The molecule has 5 nitrogen and oxygen atoms in total. The lowest BCUT2D eigenvalue weighted by atomic mass is 9.97. The van der Waals surface area contributed by atoms with Gasteiger partial charge in [-0.25, -0.2) is 0 Å². The molecule has 0 aromatic carbocycles. The molecule has 5 heteroatoms. The van der Waals surface area contributed by atoms with Crippen LogP contribution in [0.4, 0.5) is 0 Å². The van der Waals surface area contributed by atoms with Crippen molar-refractivity contribution >= 4 is 5.91 Å². The van der Waals surface area contributed by atoms with Gasteiger partial charge in [-0.15, -0.1) is 0 Å². The minimum Gasteiger partial charge on any atom is -0.392 e. The number of amides is 1. The van der Waals surface area contributed by atoms with Crippen molar-refractivity contribution in [2.45, 2.75) is 31.4 Å². The number of carbonyl (C=O) groups excluding carboxylic acids is 1. The van der Waals surface area contributed by atoms with E-state index < -0.39 is 0 Å². The summed E-state index contributed by atoms with van der Waals surface area (Å²) < 4.78 is 5.14. The molecule has 2 heterocycles. The number of hydrogen-bond donors (Lipinski definition) is 2. The molecule has 17 heavy (non-hydrogen) atoms. The monoisotopic (exact) mass is 242 g/mol. The maximum atomic E-state index is 12.1. The molecule has 2 saturated heterocycles. The maximum absolute atomic E-state index is 12.1. The fraction of sp³-hybridized carbons (Fsp3) is 0.917. The first-order chi connectivity index (χ1) is 8.20. The zero-order chi connectivity index (χ0) is 12.3. The Morgan fingerprint density at radius 1 is 1.47 bits per heavy atom. The number of aliphatic hydroxyl groups is 1. The van der Waals surface area contributed by atoms with Crippen LogP contribution < -0.4 is 5.32 Å². The summed E-state index contributed by atoms with van der Waals surface area (Å²) in [6.45, 7) is 2.97. The van der Waals surface area contributed by atoms with E-state index in [9.17, 15) is 9.90 Å². The van der Waals surface area contributed by atoms with Gasteiger partial charge in [-0.2, -0.15) is 0 Å². The highest BCUT2D eigenvalue weighted by molar-refractivity contribution is 5.82. The summed E-state index contributed by atoms with van der Waals surface area (Å²) in [4.78, 5) is 14.1. The van der Waals surface area contributed by atoms with Crippen LogP contribution in [0.5, 0.6) is 0 Å². The molecule has 2 aliphatic heterocycles. The van der Waals surface area contributed by atoms with E-state index in [4.69, 9.17) is 4.74 Å². The van der Waals surface area contributed by atoms with Gasteiger partial charge in [0.05, 0.1) is 12.1 Å². The zero-order valence-electron chi connectivity index (χ0n) is 10.4. The van der Waals surface area contributed by atoms with Crippen LogP contribution in [0.2, 0.25) is 0 Å². The van der Waals surface area contributed by atoms with E-state index in [1.807, 2.05) is 4.90 Å². The fourth-order valence-corrected chi connectivity index (χ4v) is 2.68. The van der Waals surface area contributed by atoms with E-state index in [0.717, 1.165) is 32.5 Å². The number of likely N-dealkylation sites (tertiary alicyclic amines) is 1. The molecule has 2 rings (SSSR count). The maximum Gasteiger partial charge on any atom is 0.239 e. The minimum atomic E-state index is -0.366. The zero-order valence-corrected chi connectivity index (χ0v) is 10.4. The summed E-state index contributed by atoms with van der Waals surface area (Å²) in [6, 6.07) is -0.177. The third-order valence-corrected chi connectivity index (χ3v) is 3.73. The number of methoxy groups -OCH3 is 1. The summed E-state index contributed by atoms with van der Waals surface area (Å²) in [5.74, 6) is 0.739. The standard InChI is InChI=1S/C12H22N2O3/c1-17-8-9-2-4-14(5-3-9)12(16)11-6-10(15)7-13-11/h9-11,13,15H,2-8H2,1H3.